The molecule has 0 spiro atoms. The summed E-state index contributed by atoms with van der Waals surface area (Å²) in [6.07, 6.45) is 1.43. The predicted octanol–water partition coefficient (Wildman–Crippen LogP) is 4.40. The van der Waals surface area contributed by atoms with E-state index in [1.54, 1.807) is 24.1 Å². The van der Waals surface area contributed by atoms with Crippen LogP contribution in [0.2, 0.25) is 5.02 Å². The molecule has 0 radical (unpaired) electrons. The molecular weight excluding hydrogens is 419 g/mol. The Morgan fingerprint density at radius 2 is 1.94 bits per heavy atom. The van der Waals surface area contributed by atoms with Crippen molar-refractivity contribution in [3.8, 4) is 11.4 Å². The highest BCUT2D eigenvalue weighted by Gasteiger charge is 2.28. The van der Waals surface area contributed by atoms with E-state index >= 15 is 0 Å². The minimum absolute atomic E-state index is 0.0584. The summed E-state index contributed by atoms with van der Waals surface area (Å²) in [6, 6.07) is 14.3. The Bertz CT molecular complexity index is 1010. The highest BCUT2D eigenvalue weighted by Crippen LogP contribution is 2.25. The molecule has 0 unspecified atom stereocenters. The molecule has 1 aliphatic heterocycles. The van der Waals surface area contributed by atoms with Gasteiger partial charge in [0.25, 0.3) is 0 Å². The van der Waals surface area contributed by atoms with Gasteiger partial charge in [0.15, 0.2) is 0 Å². The van der Waals surface area contributed by atoms with Crippen LogP contribution in [0.15, 0.2) is 53.1 Å². The zero-order valence-electron chi connectivity index (χ0n) is 17.3. The van der Waals surface area contributed by atoms with Gasteiger partial charge in [-0.2, -0.15) is 4.98 Å². The van der Waals surface area contributed by atoms with E-state index < -0.39 is 0 Å². The van der Waals surface area contributed by atoms with Crippen molar-refractivity contribution in [1.29, 1.82) is 0 Å². The van der Waals surface area contributed by atoms with Crippen LogP contribution in [-0.4, -0.2) is 46.0 Å². The molecule has 31 heavy (non-hydrogen) atoms. The zero-order valence-corrected chi connectivity index (χ0v) is 18.1. The lowest BCUT2D eigenvalue weighted by molar-refractivity contribution is -0.136. The minimum atomic E-state index is -0.292. The summed E-state index contributed by atoms with van der Waals surface area (Å²) in [5.41, 5.74) is 1.38. The average molecular weight is 443 g/mol. The second-order valence-electron chi connectivity index (χ2n) is 7.82. The fraction of sp³-hybridized carbons (Fsp3) is 0.348. The van der Waals surface area contributed by atoms with E-state index in [1.165, 1.54) is 6.07 Å². The number of likely N-dealkylation sites (tertiary alicyclic amines) is 1. The summed E-state index contributed by atoms with van der Waals surface area (Å²) in [7, 11) is 1.75. The van der Waals surface area contributed by atoms with E-state index in [2.05, 4.69) is 15.0 Å². The number of nitrogens with zero attached hydrogens (tertiary/aromatic N) is 4. The third kappa shape index (κ3) is 5.11. The molecule has 3 aromatic rings. The monoisotopic (exact) mass is 442 g/mol. The largest absolute Gasteiger partial charge is 0.337 e. The van der Waals surface area contributed by atoms with Crippen LogP contribution >= 0.6 is 11.6 Å². The first-order chi connectivity index (χ1) is 15.0. The molecule has 0 saturated carbocycles. The Morgan fingerprint density at radius 1 is 1.19 bits per heavy atom. The Hall–Kier alpha value is -2.77. The quantitative estimate of drug-likeness (QED) is 0.566. The van der Waals surface area contributed by atoms with E-state index in [0.717, 1.165) is 5.56 Å². The molecule has 1 aromatic heterocycles. The van der Waals surface area contributed by atoms with Gasteiger partial charge in [-0.15, -0.1) is 0 Å². The first kappa shape index (κ1) is 21.5. The molecule has 1 aliphatic rings. The summed E-state index contributed by atoms with van der Waals surface area (Å²) in [5.74, 6) is 0.606. The van der Waals surface area contributed by atoms with Gasteiger partial charge >= 0.3 is 0 Å². The maximum atomic E-state index is 14.0. The Morgan fingerprint density at radius 3 is 2.65 bits per heavy atom. The molecule has 2 aromatic carbocycles. The predicted molar refractivity (Wildman–Crippen MR) is 116 cm³/mol. The number of rotatable bonds is 6. The van der Waals surface area contributed by atoms with E-state index in [4.69, 9.17) is 16.1 Å². The van der Waals surface area contributed by atoms with Crippen molar-refractivity contribution in [3.63, 3.8) is 0 Å². The zero-order chi connectivity index (χ0) is 21.8. The van der Waals surface area contributed by atoms with Crippen molar-refractivity contribution in [2.75, 3.05) is 20.1 Å². The molecule has 6 nitrogen and oxygen atoms in total. The third-order valence-corrected chi connectivity index (χ3v) is 5.98. The average Bonchev–Trinajstić information content (AvgIpc) is 3.25. The summed E-state index contributed by atoms with van der Waals surface area (Å²) < 4.78 is 19.4. The van der Waals surface area contributed by atoms with Crippen LogP contribution in [0.5, 0.6) is 0 Å². The number of carbonyl (C=O) groups is 1. The first-order valence-electron chi connectivity index (χ1n) is 10.3. The number of hydrogen-bond donors (Lipinski definition) is 0. The van der Waals surface area contributed by atoms with E-state index in [9.17, 15) is 9.18 Å². The van der Waals surface area contributed by atoms with Crippen molar-refractivity contribution in [1.82, 2.24) is 19.9 Å². The van der Waals surface area contributed by atoms with Gasteiger partial charge in [0, 0.05) is 35.7 Å². The van der Waals surface area contributed by atoms with E-state index in [1.807, 2.05) is 30.3 Å². The summed E-state index contributed by atoms with van der Waals surface area (Å²) in [4.78, 5) is 21.1. The van der Waals surface area contributed by atoms with Gasteiger partial charge in [-0.25, -0.2) is 4.39 Å². The number of aromatic nitrogens is 2. The second kappa shape index (κ2) is 9.58. The maximum Gasteiger partial charge on any atom is 0.246 e. The molecule has 1 amide bonds. The van der Waals surface area contributed by atoms with Crippen LogP contribution in [0.3, 0.4) is 0 Å². The van der Waals surface area contributed by atoms with Gasteiger partial charge in [-0.05, 0) is 38.1 Å². The fourth-order valence-corrected chi connectivity index (χ4v) is 4.08. The Labute approximate surface area is 185 Å². The number of amides is 1. The van der Waals surface area contributed by atoms with Gasteiger partial charge in [-0.3, -0.25) is 9.69 Å². The highest BCUT2D eigenvalue weighted by molar-refractivity contribution is 6.31. The molecule has 1 saturated heterocycles. The lowest BCUT2D eigenvalue weighted by Gasteiger charge is -2.33. The van der Waals surface area contributed by atoms with Crippen molar-refractivity contribution < 1.29 is 13.7 Å². The molecule has 162 valence electrons. The number of carbonyl (C=O) groups excluding carboxylic acids is 1. The van der Waals surface area contributed by atoms with Gasteiger partial charge in [0.2, 0.25) is 17.6 Å². The molecule has 0 aliphatic carbocycles. The molecule has 1 fully saturated rings. The van der Waals surface area contributed by atoms with Gasteiger partial charge in [-0.1, -0.05) is 53.2 Å². The number of benzene rings is 2. The van der Waals surface area contributed by atoms with Crippen molar-refractivity contribution >= 4 is 17.5 Å². The third-order valence-electron chi connectivity index (χ3n) is 5.63. The van der Waals surface area contributed by atoms with Crippen molar-refractivity contribution in [2.45, 2.75) is 25.9 Å². The second-order valence-corrected chi connectivity index (χ2v) is 8.23. The smallest absolute Gasteiger partial charge is 0.246 e. The van der Waals surface area contributed by atoms with Crippen LogP contribution in [0, 0.1) is 11.7 Å². The van der Waals surface area contributed by atoms with Crippen molar-refractivity contribution in [3.05, 3.63) is 70.8 Å². The molecule has 0 bridgehead atoms. The van der Waals surface area contributed by atoms with E-state index in [0.29, 0.717) is 54.8 Å². The van der Waals surface area contributed by atoms with Crippen LogP contribution < -0.4 is 0 Å². The molecule has 4 rings (SSSR count). The SMILES string of the molecule is CN(Cc1nc(-c2ccccc2)no1)C(=O)C1CCN(Cc2c(F)cccc2Cl)CC1. The van der Waals surface area contributed by atoms with Gasteiger partial charge in [0.05, 0.1) is 6.54 Å². The molecule has 8 heteroatoms. The normalized spacial score (nSPS) is 15.2. The van der Waals surface area contributed by atoms with Gasteiger partial charge < -0.3 is 9.42 Å². The minimum Gasteiger partial charge on any atom is -0.337 e. The topological polar surface area (TPSA) is 62.5 Å². The Balaban J connectivity index is 1.30. The fourth-order valence-electron chi connectivity index (χ4n) is 3.86. The summed E-state index contributed by atoms with van der Waals surface area (Å²) >= 11 is 6.14. The first-order valence-corrected chi connectivity index (χ1v) is 10.7. The molecular formula is C23H24ClFN4O2. The van der Waals surface area contributed by atoms with Crippen LogP contribution in [0.4, 0.5) is 4.39 Å². The van der Waals surface area contributed by atoms with Crippen LogP contribution in [-0.2, 0) is 17.9 Å². The lowest BCUT2D eigenvalue weighted by atomic mass is 9.95. The summed E-state index contributed by atoms with van der Waals surface area (Å²) in [6.45, 7) is 2.15. The molecule has 2 heterocycles. The number of hydrogen-bond acceptors (Lipinski definition) is 5. The summed E-state index contributed by atoms with van der Waals surface area (Å²) in [5, 5.41) is 4.44. The van der Waals surface area contributed by atoms with Crippen LogP contribution in [0.25, 0.3) is 11.4 Å². The standard InChI is InChI=1S/C23H24ClFN4O2/c1-28(15-21-26-22(27-31-21)16-6-3-2-4-7-16)23(30)17-10-12-29(13-11-17)14-18-19(24)8-5-9-20(18)25/h2-9,17H,10-15H2,1H3. The molecule has 0 atom stereocenters. The van der Waals surface area contributed by atoms with Gasteiger partial charge in [0.1, 0.15) is 5.82 Å². The highest BCUT2D eigenvalue weighted by atomic mass is 35.5. The number of piperidine rings is 1. The lowest BCUT2D eigenvalue weighted by Crippen LogP contribution is -2.40. The van der Waals surface area contributed by atoms with E-state index in [-0.39, 0.29) is 24.2 Å². The maximum absolute atomic E-state index is 14.0. The molecule has 0 N–H and O–H groups in total. The number of halogens is 2. The van der Waals surface area contributed by atoms with Crippen molar-refractivity contribution in [2.24, 2.45) is 5.92 Å². The Kier molecular flexibility index (Phi) is 6.63. The van der Waals surface area contributed by atoms with Crippen LogP contribution in [0.1, 0.15) is 24.3 Å².